The minimum Gasteiger partial charge on any atom is -0.331 e. The van der Waals surface area contributed by atoms with Crippen molar-refractivity contribution in [2.24, 2.45) is 0 Å². The second kappa shape index (κ2) is 8.15. The Bertz CT molecular complexity index is 571. The van der Waals surface area contributed by atoms with Gasteiger partial charge in [-0.05, 0) is 38.4 Å². The van der Waals surface area contributed by atoms with E-state index in [0.29, 0.717) is 6.54 Å². The van der Waals surface area contributed by atoms with Crippen LogP contribution in [0.1, 0.15) is 18.4 Å². The number of likely N-dealkylation sites (N-methyl/N-ethyl adjacent to an activating group) is 1. The van der Waals surface area contributed by atoms with E-state index in [2.05, 4.69) is 10.2 Å². The molecule has 1 aromatic rings. The lowest BCUT2D eigenvalue weighted by molar-refractivity contribution is -0.117. The molecule has 0 bridgehead atoms. The Morgan fingerprint density at radius 1 is 1.21 bits per heavy atom. The molecule has 0 saturated carbocycles. The summed E-state index contributed by atoms with van der Waals surface area (Å²) in [6, 6.07) is 7.95. The van der Waals surface area contributed by atoms with E-state index in [1.165, 1.54) is 5.56 Å². The number of piperidine rings is 1. The fourth-order valence-electron chi connectivity index (χ4n) is 3.00. The molecule has 0 radical (unpaired) electrons. The number of hydrogen-bond acceptors (Lipinski definition) is 3. The van der Waals surface area contributed by atoms with Gasteiger partial charge in [-0.15, -0.1) is 0 Å². The van der Waals surface area contributed by atoms with Crippen molar-refractivity contribution in [3.8, 4) is 0 Å². The highest BCUT2D eigenvalue weighted by atomic mass is 16.2. The lowest BCUT2D eigenvalue weighted by Crippen LogP contribution is -2.52. The number of amides is 3. The highest BCUT2D eigenvalue weighted by molar-refractivity contribution is 5.92. The number of carbonyl (C=O) groups excluding carboxylic acids is 2. The fraction of sp³-hybridized carbons (Fsp3) is 0.556. The van der Waals surface area contributed by atoms with Crippen molar-refractivity contribution >= 4 is 17.6 Å². The highest BCUT2D eigenvalue weighted by Crippen LogP contribution is 2.16. The maximum absolute atomic E-state index is 12.2. The molecule has 3 amide bonds. The van der Waals surface area contributed by atoms with Crippen LogP contribution in [0.15, 0.2) is 24.3 Å². The number of benzene rings is 1. The van der Waals surface area contributed by atoms with Gasteiger partial charge >= 0.3 is 6.03 Å². The largest absolute Gasteiger partial charge is 0.331 e. The summed E-state index contributed by atoms with van der Waals surface area (Å²) in [5.41, 5.74) is 1.99. The van der Waals surface area contributed by atoms with E-state index in [1.807, 2.05) is 38.2 Å². The molecule has 0 aliphatic carbocycles. The van der Waals surface area contributed by atoms with Gasteiger partial charge in [0.15, 0.2) is 0 Å². The smallest absolute Gasteiger partial charge is 0.319 e. The Morgan fingerprint density at radius 2 is 1.88 bits per heavy atom. The molecule has 6 nitrogen and oxygen atoms in total. The minimum absolute atomic E-state index is 0.00552. The number of nitrogens with one attached hydrogen (secondary N) is 1. The molecule has 1 N–H and O–H groups in total. The SMILES string of the molecule is Cc1ccc(NC(=O)CN2CCCC(N(C)C(=O)N(C)C)C2)cc1. The van der Waals surface area contributed by atoms with E-state index in [1.54, 1.807) is 23.9 Å². The predicted molar refractivity (Wildman–Crippen MR) is 96.1 cm³/mol. The molecule has 1 aliphatic rings. The molecule has 2 rings (SSSR count). The minimum atomic E-state index is -0.0129. The first-order valence-electron chi connectivity index (χ1n) is 8.40. The van der Waals surface area contributed by atoms with Crippen LogP contribution in [-0.2, 0) is 4.79 Å². The zero-order valence-corrected chi connectivity index (χ0v) is 15.1. The molecule has 1 aromatic carbocycles. The summed E-state index contributed by atoms with van der Waals surface area (Å²) < 4.78 is 0. The van der Waals surface area contributed by atoms with Crippen LogP contribution in [0.5, 0.6) is 0 Å². The van der Waals surface area contributed by atoms with Gasteiger partial charge in [-0.3, -0.25) is 9.69 Å². The van der Waals surface area contributed by atoms with Crippen LogP contribution in [0.3, 0.4) is 0 Å². The van der Waals surface area contributed by atoms with Crippen molar-refractivity contribution in [2.75, 3.05) is 46.1 Å². The average Bonchev–Trinajstić information content (AvgIpc) is 2.55. The van der Waals surface area contributed by atoms with E-state index < -0.39 is 0 Å². The lowest BCUT2D eigenvalue weighted by Gasteiger charge is -2.38. The molecule has 1 aliphatic heterocycles. The fourth-order valence-corrected chi connectivity index (χ4v) is 3.00. The first kappa shape index (κ1) is 18.3. The molecule has 1 saturated heterocycles. The topological polar surface area (TPSA) is 55.9 Å². The van der Waals surface area contributed by atoms with Crippen molar-refractivity contribution < 1.29 is 9.59 Å². The Labute approximate surface area is 144 Å². The van der Waals surface area contributed by atoms with Crippen LogP contribution < -0.4 is 5.32 Å². The molecule has 132 valence electrons. The summed E-state index contributed by atoms with van der Waals surface area (Å²) in [6.07, 6.45) is 1.97. The highest BCUT2D eigenvalue weighted by Gasteiger charge is 2.27. The van der Waals surface area contributed by atoms with E-state index in [4.69, 9.17) is 0 Å². The molecule has 1 atom stereocenters. The summed E-state index contributed by atoms with van der Waals surface area (Å²) in [5, 5.41) is 2.93. The number of carbonyl (C=O) groups is 2. The van der Waals surface area contributed by atoms with E-state index >= 15 is 0 Å². The second-order valence-corrected chi connectivity index (χ2v) is 6.73. The van der Waals surface area contributed by atoms with Gasteiger partial charge in [0.1, 0.15) is 0 Å². The van der Waals surface area contributed by atoms with E-state index in [0.717, 1.165) is 31.6 Å². The molecular formula is C18H28N4O2. The van der Waals surface area contributed by atoms with Crippen molar-refractivity contribution in [2.45, 2.75) is 25.8 Å². The van der Waals surface area contributed by atoms with Gasteiger partial charge in [-0.25, -0.2) is 4.79 Å². The summed E-state index contributed by atoms with van der Waals surface area (Å²) in [4.78, 5) is 29.8. The summed E-state index contributed by atoms with van der Waals surface area (Å²) in [6.45, 7) is 4.00. The van der Waals surface area contributed by atoms with Crippen LogP contribution in [0.25, 0.3) is 0 Å². The molecule has 24 heavy (non-hydrogen) atoms. The van der Waals surface area contributed by atoms with Crippen LogP contribution >= 0.6 is 0 Å². The van der Waals surface area contributed by atoms with Crippen LogP contribution in [0, 0.1) is 6.92 Å². The van der Waals surface area contributed by atoms with Gasteiger partial charge in [0.2, 0.25) is 5.91 Å². The number of rotatable bonds is 4. The molecular weight excluding hydrogens is 304 g/mol. The third-order valence-corrected chi connectivity index (χ3v) is 4.42. The Hall–Kier alpha value is -2.08. The monoisotopic (exact) mass is 332 g/mol. The van der Waals surface area contributed by atoms with Crippen molar-refractivity contribution in [3.63, 3.8) is 0 Å². The number of likely N-dealkylation sites (tertiary alicyclic amines) is 1. The quantitative estimate of drug-likeness (QED) is 0.918. The van der Waals surface area contributed by atoms with Crippen LogP contribution in [-0.4, -0.2) is 73.5 Å². The zero-order valence-electron chi connectivity index (χ0n) is 15.1. The van der Waals surface area contributed by atoms with Gasteiger partial charge in [-0.2, -0.15) is 0 Å². The molecule has 6 heteroatoms. The molecule has 1 fully saturated rings. The molecule has 0 spiro atoms. The van der Waals surface area contributed by atoms with E-state index in [9.17, 15) is 9.59 Å². The predicted octanol–water partition coefficient (Wildman–Crippen LogP) is 2.01. The van der Waals surface area contributed by atoms with Crippen molar-refractivity contribution in [1.82, 2.24) is 14.7 Å². The average molecular weight is 332 g/mol. The Morgan fingerprint density at radius 3 is 2.50 bits per heavy atom. The lowest BCUT2D eigenvalue weighted by atomic mass is 10.0. The third-order valence-electron chi connectivity index (χ3n) is 4.42. The zero-order chi connectivity index (χ0) is 17.7. The second-order valence-electron chi connectivity index (χ2n) is 6.73. The third kappa shape index (κ3) is 4.96. The van der Waals surface area contributed by atoms with Gasteiger partial charge in [-0.1, -0.05) is 17.7 Å². The molecule has 1 unspecified atom stereocenters. The van der Waals surface area contributed by atoms with Crippen LogP contribution in [0.4, 0.5) is 10.5 Å². The maximum Gasteiger partial charge on any atom is 0.319 e. The number of nitrogens with zero attached hydrogens (tertiary/aromatic N) is 3. The normalized spacial score (nSPS) is 18.1. The number of aryl methyl sites for hydroxylation is 1. The molecule has 1 heterocycles. The Kier molecular flexibility index (Phi) is 6.20. The van der Waals surface area contributed by atoms with Crippen molar-refractivity contribution in [3.05, 3.63) is 29.8 Å². The number of anilines is 1. The van der Waals surface area contributed by atoms with Gasteiger partial charge in [0.05, 0.1) is 6.54 Å². The Balaban J connectivity index is 1.87. The summed E-state index contributed by atoms with van der Waals surface area (Å²) in [5.74, 6) is -0.0129. The van der Waals surface area contributed by atoms with Gasteiger partial charge in [0, 0.05) is 39.4 Å². The van der Waals surface area contributed by atoms with Gasteiger partial charge in [0.25, 0.3) is 0 Å². The summed E-state index contributed by atoms with van der Waals surface area (Å²) >= 11 is 0. The standard InChI is InChI=1S/C18H28N4O2/c1-14-7-9-15(10-8-14)19-17(23)13-22-11-5-6-16(12-22)21(4)18(24)20(2)3/h7-10,16H,5-6,11-13H2,1-4H3,(H,19,23). The first-order chi connectivity index (χ1) is 11.4. The van der Waals surface area contributed by atoms with Gasteiger partial charge < -0.3 is 15.1 Å². The molecule has 0 aromatic heterocycles. The number of hydrogen-bond donors (Lipinski definition) is 1. The first-order valence-corrected chi connectivity index (χ1v) is 8.40. The number of urea groups is 1. The van der Waals surface area contributed by atoms with E-state index in [-0.39, 0.29) is 18.0 Å². The van der Waals surface area contributed by atoms with Crippen LogP contribution in [0.2, 0.25) is 0 Å². The summed E-state index contributed by atoms with van der Waals surface area (Å²) in [7, 11) is 5.35. The maximum atomic E-state index is 12.2. The van der Waals surface area contributed by atoms with Crippen molar-refractivity contribution in [1.29, 1.82) is 0 Å².